The average molecular weight is 395 g/mol. The molecule has 3 saturated carbocycles. The van der Waals surface area contributed by atoms with Gasteiger partial charge in [0.1, 0.15) is 0 Å². The van der Waals surface area contributed by atoms with E-state index in [1.54, 1.807) is 5.57 Å². The molecule has 0 radical (unpaired) electrons. The highest BCUT2D eigenvalue weighted by molar-refractivity contribution is 5.36. The quantitative estimate of drug-likeness (QED) is 0.477. The van der Waals surface area contributed by atoms with Gasteiger partial charge in [0, 0.05) is 0 Å². The lowest BCUT2D eigenvalue weighted by atomic mass is 9.61. The van der Waals surface area contributed by atoms with Crippen LogP contribution in [0.4, 0.5) is 0 Å². The standard InChI is InChI=1S/C28H42O/c1-19(2)20(3)9-10-22(5)26-15-16-27-23(8-7-17-28(26,27)6)12-13-24-18-25(29)14-11-21(24)4/h9-10,12-13,19,22,25-27,29H,3-4,7-8,11,14-18H2,1-2,5-6H3/b10-9+,23-12?,24-13-/t22?,25-,26+,27-,28+/m0/s1. The van der Waals surface area contributed by atoms with E-state index in [9.17, 15) is 5.11 Å². The SMILES string of the molecule is C=C1CC[C@H](O)C/C1=C/C=C1CCC[C@]2(C)[C@@H](C(C)/C=C/C(=C)C(C)C)CC[C@@H]12. The maximum absolute atomic E-state index is 10.0. The largest absolute Gasteiger partial charge is 0.393 e. The molecular formula is C28H42O. The average Bonchev–Trinajstić information content (AvgIpc) is 3.04. The molecule has 0 spiro atoms. The minimum absolute atomic E-state index is 0.189. The van der Waals surface area contributed by atoms with E-state index in [-0.39, 0.29) is 6.10 Å². The van der Waals surface area contributed by atoms with Gasteiger partial charge in [0.15, 0.2) is 0 Å². The molecule has 5 atom stereocenters. The molecule has 0 heterocycles. The molecule has 3 aliphatic carbocycles. The summed E-state index contributed by atoms with van der Waals surface area (Å²) in [6.45, 7) is 17.9. The van der Waals surface area contributed by atoms with Gasteiger partial charge in [-0.25, -0.2) is 0 Å². The second-order valence-corrected chi connectivity index (χ2v) is 10.5. The minimum atomic E-state index is -0.189. The third-order valence-electron chi connectivity index (χ3n) is 8.22. The molecule has 0 aromatic rings. The minimum Gasteiger partial charge on any atom is -0.393 e. The van der Waals surface area contributed by atoms with Crippen molar-refractivity contribution >= 4 is 0 Å². The molecule has 1 heteroatoms. The van der Waals surface area contributed by atoms with E-state index in [2.05, 4.69) is 65.2 Å². The van der Waals surface area contributed by atoms with E-state index in [1.807, 2.05) is 0 Å². The van der Waals surface area contributed by atoms with E-state index >= 15 is 0 Å². The van der Waals surface area contributed by atoms with Crippen LogP contribution < -0.4 is 0 Å². The molecule has 3 rings (SSSR count). The van der Waals surface area contributed by atoms with Crippen LogP contribution >= 0.6 is 0 Å². The first-order chi connectivity index (χ1) is 13.7. The van der Waals surface area contributed by atoms with Gasteiger partial charge in [0.2, 0.25) is 0 Å². The zero-order chi connectivity index (χ0) is 21.2. The van der Waals surface area contributed by atoms with Crippen molar-refractivity contribution in [1.29, 1.82) is 0 Å². The normalized spacial score (nSPS) is 36.9. The molecule has 1 unspecified atom stereocenters. The molecule has 1 nitrogen and oxygen atoms in total. The number of aliphatic hydroxyl groups excluding tert-OH is 1. The van der Waals surface area contributed by atoms with Crippen molar-refractivity contribution in [3.05, 3.63) is 59.8 Å². The Balaban J connectivity index is 1.76. The van der Waals surface area contributed by atoms with Crippen molar-refractivity contribution in [2.75, 3.05) is 0 Å². The molecule has 3 fully saturated rings. The Kier molecular flexibility index (Phi) is 7.10. The second kappa shape index (κ2) is 9.21. The summed E-state index contributed by atoms with van der Waals surface area (Å²) in [4.78, 5) is 0. The van der Waals surface area contributed by atoms with Crippen LogP contribution in [0.2, 0.25) is 0 Å². The molecule has 0 amide bonds. The van der Waals surface area contributed by atoms with Crippen molar-refractivity contribution < 1.29 is 5.11 Å². The lowest BCUT2D eigenvalue weighted by molar-refractivity contribution is 0.112. The summed E-state index contributed by atoms with van der Waals surface area (Å²) in [7, 11) is 0. The van der Waals surface area contributed by atoms with Crippen molar-refractivity contribution in [1.82, 2.24) is 0 Å². The van der Waals surface area contributed by atoms with Gasteiger partial charge in [0.25, 0.3) is 0 Å². The Hall–Kier alpha value is -1.34. The summed E-state index contributed by atoms with van der Waals surface area (Å²) in [5, 5.41) is 10.0. The fourth-order valence-corrected chi connectivity index (χ4v) is 6.14. The summed E-state index contributed by atoms with van der Waals surface area (Å²) in [6, 6.07) is 0. The number of fused-ring (bicyclic) bond motifs is 1. The lowest BCUT2D eigenvalue weighted by Gasteiger charge is -2.44. The van der Waals surface area contributed by atoms with Gasteiger partial charge in [-0.1, -0.05) is 81.9 Å². The van der Waals surface area contributed by atoms with Gasteiger partial charge in [-0.2, -0.15) is 0 Å². The van der Waals surface area contributed by atoms with Crippen molar-refractivity contribution in [3.63, 3.8) is 0 Å². The molecule has 1 N–H and O–H groups in total. The third kappa shape index (κ3) is 4.88. The monoisotopic (exact) mass is 394 g/mol. The van der Waals surface area contributed by atoms with E-state index in [0.717, 1.165) is 25.2 Å². The van der Waals surface area contributed by atoms with Crippen LogP contribution in [-0.2, 0) is 0 Å². The summed E-state index contributed by atoms with van der Waals surface area (Å²) >= 11 is 0. The van der Waals surface area contributed by atoms with Gasteiger partial charge in [0.05, 0.1) is 6.10 Å². The van der Waals surface area contributed by atoms with Crippen molar-refractivity contribution in [3.8, 4) is 0 Å². The Morgan fingerprint density at radius 1 is 1.14 bits per heavy atom. The molecule has 160 valence electrons. The molecule has 3 aliphatic rings. The third-order valence-corrected chi connectivity index (χ3v) is 8.22. The zero-order valence-corrected chi connectivity index (χ0v) is 19.2. The highest BCUT2D eigenvalue weighted by Crippen LogP contribution is 2.59. The Morgan fingerprint density at radius 3 is 2.62 bits per heavy atom. The number of rotatable bonds is 5. The van der Waals surface area contributed by atoms with Crippen LogP contribution in [0.1, 0.15) is 79.1 Å². The maximum atomic E-state index is 10.0. The number of hydrogen-bond acceptors (Lipinski definition) is 1. The molecule has 0 aromatic carbocycles. The second-order valence-electron chi connectivity index (χ2n) is 10.5. The van der Waals surface area contributed by atoms with Crippen molar-refractivity contribution in [2.45, 2.75) is 85.2 Å². The van der Waals surface area contributed by atoms with Gasteiger partial charge >= 0.3 is 0 Å². The highest BCUT2D eigenvalue weighted by atomic mass is 16.3. The molecular weight excluding hydrogens is 352 g/mol. The number of allylic oxidation sites excluding steroid dienone is 7. The molecule has 29 heavy (non-hydrogen) atoms. The molecule has 0 aromatic heterocycles. The van der Waals surface area contributed by atoms with Gasteiger partial charge in [-0.3, -0.25) is 0 Å². The molecule has 0 aliphatic heterocycles. The summed E-state index contributed by atoms with van der Waals surface area (Å²) in [5.41, 5.74) is 5.78. The van der Waals surface area contributed by atoms with E-state index in [4.69, 9.17) is 0 Å². The Labute approximate surface area is 179 Å². The van der Waals surface area contributed by atoms with E-state index < -0.39 is 0 Å². The fraction of sp³-hybridized carbons (Fsp3) is 0.643. The highest BCUT2D eigenvalue weighted by Gasteiger charge is 2.50. The molecule has 0 bridgehead atoms. The van der Waals surface area contributed by atoms with Gasteiger partial charge in [-0.15, -0.1) is 0 Å². The van der Waals surface area contributed by atoms with Crippen LogP contribution in [0, 0.1) is 29.1 Å². The van der Waals surface area contributed by atoms with Gasteiger partial charge in [-0.05, 0) is 86.0 Å². The number of aliphatic hydroxyl groups is 1. The van der Waals surface area contributed by atoms with Crippen LogP contribution in [0.15, 0.2) is 59.8 Å². The van der Waals surface area contributed by atoms with E-state index in [1.165, 1.54) is 48.8 Å². The molecule has 0 saturated heterocycles. The van der Waals surface area contributed by atoms with Gasteiger partial charge < -0.3 is 5.11 Å². The summed E-state index contributed by atoms with van der Waals surface area (Å²) in [5.74, 6) is 2.60. The Morgan fingerprint density at radius 2 is 1.90 bits per heavy atom. The van der Waals surface area contributed by atoms with Crippen LogP contribution in [-0.4, -0.2) is 11.2 Å². The first-order valence-corrected chi connectivity index (χ1v) is 11.8. The maximum Gasteiger partial charge on any atom is 0.0583 e. The zero-order valence-electron chi connectivity index (χ0n) is 19.2. The predicted octanol–water partition coefficient (Wildman–Crippen LogP) is 7.56. The lowest BCUT2D eigenvalue weighted by Crippen LogP contribution is -2.35. The Bertz CT molecular complexity index is 719. The van der Waals surface area contributed by atoms with Crippen LogP contribution in [0.3, 0.4) is 0 Å². The summed E-state index contributed by atoms with van der Waals surface area (Å²) < 4.78 is 0. The first kappa shape index (κ1) is 22.3. The summed E-state index contributed by atoms with van der Waals surface area (Å²) in [6.07, 6.45) is 18.3. The van der Waals surface area contributed by atoms with Crippen LogP contribution in [0.5, 0.6) is 0 Å². The van der Waals surface area contributed by atoms with Crippen molar-refractivity contribution in [2.24, 2.45) is 29.1 Å². The smallest absolute Gasteiger partial charge is 0.0583 e. The fourth-order valence-electron chi connectivity index (χ4n) is 6.14. The number of hydrogen-bond donors (Lipinski definition) is 1. The van der Waals surface area contributed by atoms with Crippen LogP contribution in [0.25, 0.3) is 0 Å². The van der Waals surface area contributed by atoms with E-state index in [0.29, 0.717) is 23.2 Å². The predicted molar refractivity (Wildman–Crippen MR) is 126 cm³/mol. The topological polar surface area (TPSA) is 20.2 Å². The first-order valence-electron chi connectivity index (χ1n) is 11.8.